The van der Waals surface area contributed by atoms with Crippen LogP contribution in [0, 0.1) is 18.3 Å². The molecule has 1 nitrogen and oxygen atoms in total. The minimum absolute atomic E-state index is 0.739. The Labute approximate surface area is 112 Å². The molecule has 0 amide bonds. The molecule has 2 aromatic carbocycles. The standard InChI is InChI=1S/C16H15NS/c1-13-5-7-14(8-6-13)11-18-12-16-4-2-3-15(9-16)10-17/h2-9H,11-12H2,1H3. The molecule has 0 N–H and O–H groups in total. The third-order valence-corrected chi connectivity index (χ3v) is 3.79. The summed E-state index contributed by atoms with van der Waals surface area (Å²) in [5, 5.41) is 8.83. The molecule has 0 spiro atoms. The highest BCUT2D eigenvalue weighted by atomic mass is 32.2. The van der Waals surface area contributed by atoms with E-state index in [9.17, 15) is 0 Å². The number of hydrogen-bond donors (Lipinski definition) is 0. The molecule has 90 valence electrons. The molecular weight excluding hydrogens is 238 g/mol. The number of benzene rings is 2. The normalized spacial score (nSPS) is 10.0. The van der Waals surface area contributed by atoms with Crippen molar-refractivity contribution in [1.29, 1.82) is 5.26 Å². The van der Waals surface area contributed by atoms with Crippen molar-refractivity contribution in [3.63, 3.8) is 0 Å². The predicted octanol–water partition coefficient (Wildman–Crippen LogP) is 4.30. The zero-order valence-electron chi connectivity index (χ0n) is 10.4. The van der Waals surface area contributed by atoms with Gasteiger partial charge in [-0.25, -0.2) is 0 Å². The molecule has 2 rings (SSSR count). The van der Waals surface area contributed by atoms with Crippen molar-refractivity contribution in [1.82, 2.24) is 0 Å². The summed E-state index contributed by atoms with van der Waals surface area (Å²) >= 11 is 1.88. The molecule has 0 unspecified atom stereocenters. The first-order chi connectivity index (χ1) is 8.78. The third-order valence-electron chi connectivity index (χ3n) is 2.71. The lowest BCUT2D eigenvalue weighted by atomic mass is 10.2. The summed E-state index contributed by atoms with van der Waals surface area (Å²) in [4.78, 5) is 0. The number of thioether (sulfide) groups is 1. The average Bonchev–Trinajstić information content (AvgIpc) is 2.41. The van der Waals surface area contributed by atoms with Gasteiger partial charge in [0.15, 0.2) is 0 Å². The summed E-state index contributed by atoms with van der Waals surface area (Å²) in [6, 6.07) is 18.6. The molecule has 2 aromatic rings. The van der Waals surface area contributed by atoms with Crippen molar-refractivity contribution < 1.29 is 0 Å². The van der Waals surface area contributed by atoms with Crippen LogP contribution in [0.1, 0.15) is 22.3 Å². The second kappa shape index (κ2) is 6.28. The van der Waals surface area contributed by atoms with E-state index in [-0.39, 0.29) is 0 Å². The molecule has 0 saturated carbocycles. The number of nitrogens with zero attached hydrogens (tertiary/aromatic N) is 1. The Morgan fingerprint density at radius 3 is 2.44 bits per heavy atom. The van der Waals surface area contributed by atoms with Gasteiger partial charge in [-0.1, -0.05) is 42.0 Å². The lowest BCUT2D eigenvalue weighted by Crippen LogP contribution is -1.85. The molecule has 0 aliphatic rings. The first kappa shape index (κ1) is 12.7. The van der Waals surface area contributed by atoms with Crippen LogP contribution >= 0.6 is 11.8 Å². The molecular formula is C16H15NS. The van der Waals surface area contributed by atoms with Crippen molar-refractivity contribution in [2.24, 2.45) is 0 Å². The second-order valence-corrected chi connectivity index (χ2v) is 5.28. The second-order valence-electron chi connectivity index (χ2n) is 4.29. The topological polar surface area (TPSA) is 23.8 Å². The largest absolute Gasteiger partial charge is 0.192 e. The summed E-state index contributed by atoms with van der Waals surface area (Å²) < 4.78 is 0. The van der Waals surface area contributed by atoms with Gasteiger partial charge in [-0.2, -0.15) is 17.0 Å². The van der Waals surface area contributed by atoms with E-state index in [4.69, 9.17) is 5.26 Å². The monoisotopic (exact) mass is 253 g/mol. The Morgan fingerprint density at radius 1 is 1.00 bits per heavy atom. The predicted molar refractivity (Wildman–Crippen MR) is 77.3 cm³/mol. The van der Waals surface area contributed by atoms with E-state index >= 15 is 0 Å². The Bertz CT molecular complexity index is 552. The Kier molecular flexibility index (Phi) is 4.44. The molecule has 2 heteroatoms. The Balaban J connectivity index is 1.88. The van der Waals surface area contributed by atoms with Gasteiger partial charge in [0.25, 0.3) is 0 Å². The SMILES string of the molecule is Cc1ccc(CSCc2cccc(C#N)c2)cc1. The lowest BCUT2D eigenvalue weighted by molar-refractivity contribution is 1.34. The Hall–Kier alpha value is -1.72. The summed E-state index contributed by atoms with van der Waals surface area (Å²) in [6.45, 7) is 2.10. The third kappa shape index (κ3) is 3.65. The van der Waals surface area contributed by atoms with E-state index in [0.29, 0.717) is 0 Å². The van der Waals surface area contributed by atoms with Gasteiger partial charge >= 0.3 is 0 Å². The molecule has 0 aliphatic heterocycles. The summed E-state index contributed by atoms with van der Waals surface area (Å²) in [5.74, 6) is 1.96. The fourth-order valence-corrected chi connectivity index (χ4v) is 2.65. The highest BCUT2D eigenvalue weighted by molar-refractivity contribution is 7.97. The summed E-state index contributed by atoms with van der Waals surface area (Å²) in [7, 11) is 0. The maximum absolute atomic E-state index is 8.83. The highest BCUT2D eigenvalue weighted by Crippen LogP contribution is 2.18. The van der Waals surface area contributed by atoms with Crippen LogP contribution in [0.5, 0.6) is 0 Å². The van der Waals surface area contributed by atoms with Gasteiger partial charge in [-0.05, 0) is 30.2 Å². The van der Waals surface area contributed by atoms with Crippen LogP contribution in [0.2, 0.25) is 0 Å². The van der Waals surface area contributed by atoms with E-state index in [1.807, 2.05) is 30.0 Å². The van der Waals surface area contributed by atoms with Gasteiger partial charge in [0.05, 0.1) is 11.6 Å². The van der Waals surface area contributed by atoms with Crippen LogP contribution in [0.4, 0.5) is 0 Å². The first-order valence-corrected chi connectivity index (χ1v) is 7.06. The smallest absolute Gasteiger partial charge is 0.0991 e. The zero-order chi connectivity index (χ0) is 12.8. The van der Waals surface area contributed by atoms with Crippen molar-refractivity contribution in [2.75, 3.05) is 0 Å². The quantitative estimate of drug-likeness (QED) is 0.811. The van der Waals surface area contributed by atoms with Crippen LogP contribution in [-0.4, -0.2) is 0 Å². The number of nitriles is 1. The molecule has 0 bridgehead atoms. The molecule has 0 radical (unpaired) electrons. The zero-order valence-corrected chi connectivity index (χ0v) is 11.2. The van der Waals surface area contributed by atoms with Gasteiger partial charge in [0, 0.05) is 11.5 Å². The van der Waals surface area contributed by atoms with E-state index in [1.165, 1.54) is 16.7 Å². The Morgan fingerprint density at radius 2 is 1.72 bits per heavy atom. The fraction of sp³-hybridized carbons (Fsp3) is 0.188. The van der Waals surface area contributed by atoms with Crippen LogP contribution in [0.3, 0.4) is 0 Å². The molecule has 0 atom stereocenters. The highest BCUT2D eigenvalue weighted by Gasteiger charge is 1.97. The maximum Gasteiger partial charge on any atom is 0.0991 e. The number of aryl methyl sites for hydroxylation is 1. The lowest BCUT2D eigenvalue weighted by Gasteiger charge is -2.03. The van der Waals surface area contributed by atoms with E-state index in [0.717, 1.165) is 17.1 Å². The summed E-state index contributed by atoms with van der Waals surface area (Å²) in [5.41, 5.74) is 4.60. The fourth-order valence-electron chi connectivity index (χ4n) is 1.70. The molecule has 0 saturated heterocycles. The van der Waals surface area contributed by atoms with Crippen molar-refractivity contribution in [3.8, 4) is 6.07 Å². The first-order valence-electron chi connectivity index (χ1n) is 5.90. The van der Waals surface area contributed by atoms with Gasteiger partial charge < -0.3 is 0 Å². The van der Waals surface area contributed by atoms with E-state index in [2.05, 4.69) is 43.3 Å². The molecule has 0 aliphatic carbocycles. The molecule has 0 heterocycles. The maximum atomic E-state index is 8.83. The number of hydrogen-bond acceptors (Lipinski definition) is 2. The van der Waals surface area contributed by atoms with Gasteiger partial charge in [-0.15, -0.1) is 0 Å². The van der Waals surface area contributed by atoms with Crippen LogP contribution in [0.25, 0.3) is 0 Å². The van der Waals surface area contributed by atoms with Gasteiger partial charge in [0.1, 0.15) is 0 Å². The van der Waals surface area contributed by atoms with Crippen molar-refractivity contribution >= 4 is 11.8 Å². The van der Waals surface area contributed by atoms with E-state index in [1.54, 1.807) is 0 Å². The minimum atomic E-state index is 0.739. The van der Waals surface area contributed by atoms with Gasteiger partial charge in [0.2, 0.25) is 0 Å². The van der Waals surface area contributed by atoms with Crippen molar-refractivity contribution in [2.45, 2.75) is 18.4 Å². The summed E-state index contributed by atoms with van der Waals surface area (Å²) in [6.07, 6.45) is 0. The van der Waals surface area contributed by atoms with E-state index < -0.39 is 0 Å². The average molecular weight is 253 g/mol. The van der Waals surface area contributed by atoms with Gasteiger partial charge in [-0.3, -0.25) is 0 Å². The molecule has 0 aromatic heterocycles. The molecule has 18 heavy (non-hydrogen) atoms. The van der Waals surface area contributed by atoms with Crippen molar-refractivity contribution in [3.05, 3.63) is 70.8 Å². The minimum Gasteiger partial charge on any atom is -0.192 e. The van der Waals surface area contributed by atoms with Crippen LogP contribution < -0.4 is 0 Å². The molecule has 0 fully saturated rings. The number of rotatable bonds is 4. The van der Waals surface area contributed by atoms with Crippen LogP contribution in [-0.2, 0) is 11.5 Å². The van der Waals surface area contributed by atoms with Crippen LogP contribution in [0.15, 0.2) is 48.5 Å².